The van der Waals surface area contributed by atoms with Gasteiger partial charge in [0.05, 0.1) is 11.2 Å². The number of hydrogen-bond donors (Lipinski definition) is 3. The van der Waals surface area contributed by atoms with E-state index in [-0.39, 0.29) is 22.0 Å². The van der Waals surface area contributed by atoms with Crippen LogP contribution in [0.4, 0.5) is 0 Å². The van der Waals surface area contributed by atoms with Gasteiger partial charge in [-0.2, -0.15) is 5.10 Å². The Kier molecular flexibility index (Phi) is 7.24. The molecule has 1 heterocycles. The summed E-state index contributed by atoms with van der Waals surface area (Å²) in [5, 5.41) is 18.6. The molecule has 3 rings (SSSR count). The van der Waals surface area contributed by atoms with Crippen molar-refractivity contribution in [3.05, 3.63) is 91.7 Å². The SMILES string of the molecule is O=C(N/N=C\c1cc(Cl)cc(Cl)c1O)/C(=C\c1cccs1)NC(=O)c1ccccc1. The number of carbonyl (C=O) groups excluding carboxylic acids is 2. The lowest BCUT2D eigenvalue weighted by Gasteiger charge is -2.09. The van der Waals surface area contributed by atoms with Crippen molar-refractivity contribution in [1.29, 1.82) is 0 Å². The third kappa shape index (κ3) is 5.70. The number of thiophene rings is 1. The molecule has 0 saturated carbocycles. The van der Waals surface area contributed by atoms with Crippen LogP contribution in [-0.2, 0) is 4.79 Å². The number of rotatable bonds is 6. The van der Waals surface area contributed by atoms with E-state index in [4.69, 9.17) is 23.2 Å². The molecule has 1 aromatic heterocycles. The molecule has 0 unspecified atom stereocenters. The van der Waals surface area contributed by atoms with E-state index in [1.165, 1.54) is 29.7 Å². The first-order valence-electron chi connectivity index (χ1n) is 8.57. The first kappa shape index (κ1) is 21.6. The van der Waals surface area contributed by atoms with Gasteiger partial charge in [-0.1, -0.05) is 47.5 Å². The quantitative estimate of drug-likeness (QED) is 0.283. The van der Waals surface area contributed by atoms with E-state index in [1.807, 2.05) is 17.5 Å². The maximum Gasteiger partial charge on any atom is 0.287 e. The predicted molar refractivity (Wildman–Crippen MR) is 120 cm³/mol. The molecule has 0 spiro atoms. The van der Waals surface area contributed by atoms with Crippen LogP contribution in [0.15, 0.2) is 70.8 Å². The highest BCUT2D eigenvalue weighted by molar-refractivity contribution is 7.10. The van der Waals surface area contributed by atoms with Gasteiger partial charge >= 0.3 is 0 Å². The highest BCUT2D eigenvalue weighted by atomic mass is 35.5. The number of carbonyl (C=O) groups is 2. The average molecular weight is 460 g/mol. The number of aromatic hydroxyl groups is 1. The maximum absolute atomic E-state index is 12.6. The molecule has 9 heteroatoms. The zero-order chi connectivity index (χ0) is 21.5. The number of benzene rings is 2. The second-order valence-corrected chi connectivity index (χ2v) is 7.74. The van der Waals surface area contributed by atoms with Crippen LogP contribution < -0.4 is 10.7 Å². The normalized spacial score (nSPS) is 11.5. The van der Waals surface area contributed by atoms with E-state index in [2.05, 4.69) is 15.8 Å². The Morgan fingerprint density at radius 3 is 2.53 bits per heavy atom. The number of phenols is 1. The number of nitrogens with zero attached hydrogens (tertiary/aromatic N) is 1. The molecule has 0 aliphatic heterocycles. The lowest BCUT2D eigenvalue weighted by Crippen LogP contribution is -2.32. The number of nitrogens with one attached hydrogen (secondary N) is 2. The Hall–Kier alpha value is -3.13. The Labute approximate surface area is 186 Å². The topological polar surface area (TPSA) is 90.8 Å². The number of amides is 2. The van der Waals surface area contributed by atoms with Crippen molar-refractivity contribution in [1.82, 2.24) is 10.7 Å². The van der Waals surface area contributed by atoms with Crippen LogP contribution in [0, 0.1) is 0 Å². The van der Waals surface area contributed by atoms with Crippen LogP contribution in [-0.4, -0.2) is 23.1 Å². The number of hydrazone groups is 1. The fourth-order valence-corrected chi connectivity index (χ4v) is 3.53. The summed E-state index contributed by atoms with van der Waals surface area (Å²) in [4.78, 5) is 25.9. The zero-order valence-electron chi connectivity index (χ0n) is 15.3. The second kappa shape index (κ2) is 10.1. The van der Waals surface area contributed by atoms with Gasteiger partial charge in [0.1, 0.15) is 11.4 Å². The van der Waals surface area contributed by atoms with Gasteiger partial charge in [0.15, 0.2) is 0 Å². The average Bonchev–Trinajstić information content (AvgIpc) is 3.24. The molecule has 6 nitrogen and oxygen atoms in total. The first-order valence-corrected chi connectivity index (χ1v) is 10.2. The van der Waals surface area contributed by atoms with Crippen molar-refractivity contribution in [3.63, 3.8) is 0 Å². The summed E-state index contributed by atoms with van der Waals surface area (Å²) in [7, 11) is 0. The minimum absolute atomic E-state index is 0.0109. The summed E-state index contributed by atoms with van der Waals surface area (Å²) in [6, 6.07) is 15.0. The smallest absolute Gasteiger partial charge is 0.287 e. The summed E-state index contributed by atoms with van der Waals surface area (Å²) in [6.07, 6.45) is 2.75. The molecule has 0 aliphatic rings. The zero-order valence-corrected chi connectivity index (χ0v) is 17.6. The number of phenolic OH excluding ortho intramolecular Hbond substituents is 1. The summed E-state index contributed by atoms with van der Waals surface area (Å²) in [5.74, 6) is -1.29. The Morgan fingerprint density at radius 2 is 1.83 bits per heavy atom. The summed E-state index contributed by atoms with van der Waals surface area (Å²) in [5.41, 5.74) is 2.97. The number of halogens is 2. The van der Waals surface area contributed by atoms with E-state index in [9.17, 15) is 14.7 Å². The minimum Gasteiger partial charge on any atom is -0.506 e. The van der Waals surface area contributed by atoms with Crippen LogP contribution in [0.5, 0.6) is 5.75 Å². The van der Waals surface area contributed by atoms with Crippen molar-refractivity contribution in [2.24, 2.45) is 5.10 Å². The standard InChI is InChI=1S/C21H15Cl2N3O3S/c22-15-9-14(19(27)17(23)10-15)12-24-26-21(29)18(11-16-7-4-8-30-16)25-20(28)13-5-2-1-3-6-13/h1-12,27H,(H,25,28)(H,26,29)/b18-11+,24-12-. The third-order valence-electron chi connectivity index (χ3n) is 3.79. The third-order valence-corrected chi connectivity index (χ3v) is 5.11. The van der Waals surface area contributed by atoms with Gasteiger partial charge in [-0.05, 0) is 41.8 Å². The largest absolute Gasteiger partial charge is 0.506 e. The van der Waals surface area contributed by atoms with Crippen molar-refractivity contribution in [2.75, 3.05) is 0 Å². The van der Waals surface area contributed by atoms with Crippen molar-refractivity contribution in [2.45, 2.75) is 0 Å². The summed E-state index contributed by atoms with van der Waals surface area (Å²) < 4.78 is 0. The van der Waals surface area contributed by atoms with Gasteiger partial charge in [0, 0.05) is 21.0 Å². The van der Waals surface area contributed by atoms with Gasteiger partial charge in [-0.25, -0.2) is 5.43 Å². The first-order chi connectivity index (χ1) is 14.4. The van der Waals surface area contributed by atoms with Gasteiger partial charge in [0.25, 0.3) is 11.8 Å². The van der Waals surface area contributed by atoms with Gasteiger partial charge in [-0.15, -0.1) is 11.3 Å². The maximum atomic E-state index is 12.6. The Balaban J connectivity index is 1.78. The van der Waals surface area contributed by atoms with Crippen LogP contribution >= 0.6 is 34.5 Å². The molecular formula is C21H15Cl2N3O3S. The molecule has 0 atom stereocenters. The lowest BCUT2D eigenvalue weighted by atomic mass is 10.2. The van der Waals surface area contributed by atoms with Gasteiger partial charge in [-0.3, -0.25) is 9.59 Å². The molecule has 2 aromatic carbocycles. The van der Waals surface area contributed by atoms with Gasteiger partial charge < -0.3 is 10.4 Å². The summed E-state index contributed by atoms with van der Waals surface area (Å²) >= 11 is 13.2. The molecule has 0 radical (unpaired) electrons. The fourth-order valence-electron chi connectivity index (χ4n) is 2.36. The molecule has 0 bridgehead atoms. The molecular weight excluding hydrogens is 445 g/mol. The highest BCUT2D eigenvalue weighted by Crippen LogP contribution is 2.29. The molecule has 30 heavy (non-hydrogen) atoms. The molecule has 3 aromatic rings. The monoisotopic (exact) mass is 459 g/mol. The van der Waals surface area contributed by atoms with Crippen molar-refractivity contribution >= 4 is 58.6 Å². The molecule has 3 N–H and O–H groups in total. The molecule has 0 saturated heterocycles. The van der Waals surface area contributed by atoms with Crippen molar-refractivity contribution < 1.29 is 14.7 Å². The van der Waals surface area contributed by atoms with E-state index in [0.29, 0.717) is 10.6 Å². The van der Waals surface area contributed by atoms with E-state index in [1.54, 1.807) is 36.4 Å². The Bertz CT molecular complexity index is 1110. The van der Waals surface area contributed by atoms with Crippen LogP contribution in [0.25, 0.3) is 6.08 Å². The molecule has 152 valence electrons. The minimum atomic E-state index is -0.642. The van der Waals surface area contributed by atoms with E-state index >= 15 is 0 Å². The fraction of sp³-hybridized carbons (Fsp3) is 0. The lowest BCUT2D eigenvalue weighted by molar-refractivity contribution is -0.117. The highest BCUT2D eigenvalue weighted by Gasteiger charge is 2.14. The second-order valence-electron chi connectivity index (χ2n) is 5.92. The van der Waals surface area contributed by atoms with E-state index < -0.39 is 11.8 Å². The van der Waals surface area contributed by atoms with Crippen LogP contribution in [0.3, 0.4) is 0 Å². The predicted octanol–water partition coefficient (Wildman–Crippen LogP) is 4.68. The number of hydrogen-bond acceptors (Lipinski definition) is 5. The summed E-state index contributed by atoms with van der Waals surface area (Å²) in [6.45, 7) is 0. The van der Waals surface area contributed by atoms with Gasteiger partial charge in [0.2, 0.25) is 0 Å². The molecule has 2 amide bonds. The van der Waals surface area contributed by atoms with Crippen LogP contribution in [0.1, 0.15) is 20.8 Å². The van der Waals surface area contributed by atoms with Crippen molar-refractivity contribution in [3.8, 4) is 5.75 Å². The van der Waals surface area contributed by atoms with E-state index in [0.717, 1.165) is 4.88 Å². The Morgan fingerprint density at radius 1 is 1.07 bits per heavy atom. The van der Waals surface area contributed by atoms with Crippen LogP contribution in [0.2, 0.25) is 10.0 Å². The molecule has 0 fully saturated rings. The molecule has 0 aliphatic carbocycles.